The van der Waals surface area contributed by atoms with Gasteiger partial charge in [0.1, 0.15) is 19.3 Å². The molecule has 0 saturated heterocycles. The highest BCUT2D eigenvalue weighted by Gasteiger charge is 2.30. The van der Waals surface area contributed by atoms with Gasteiger partial charge in [-0.25, -0.2) is 9.13 Å². The van der Waals surface area contributed by atoms with Gasteiger partial charge in [0.2, 0.25) is 0 Å². The molecular formula is C72H140O17P2. The van der Waals surface area contributed by atoms with Crippen molar-refractivity contribution >= 4 is 39.5 Å². The summed E-state index contributed by atoms with van der Waals surface area (Å²) < 4.78 is 68.3. The Labute approximate surface area is 556 Å². The number of aliphatic hydroxyl groups excluding tert-OH is 1. The summed E-state index contributed by atoms with van der Waals surface area (Å²) in [7, 11) is -9.90. The lowest BCUT2D eigenvalue weighted by Gasteiger charge is -2.21. The number of hydrogen-bond donors (Lipinski definition) is 3. The van der Waals surface area contributed by atoms with Crippen molar-refractivity contribution in [2.45, 2.75) is 387 Å². The maximum Gasteiger partial charge on any atom is 0.472 e. The fraction of sp³-hybridized carbons (Fsp3) is 0.944. The number of esters is 4. The van der Waals surface area contributed by atoms with Crippen LogP contribution in [0.5, 0.6) is 0 Å². The Morgan fingerprint density at radius 3 is 0.747 bits per heavy atom. The monoisotopic (exact) mass is 1340 g/mol. The molecule has 540 valence electrons. The molecule has 0 heterocycles. The number of rotatable bonds is 71. The predicted octanol–water partition coefficient (Wildman–Crippen LogP) is 20.8. The lowest BCUT2D eigenvalue weighted by Crippen LogP contribution is -2.30. The van der Waals surface area contributed by atoms with Gasteiger partial charge in [0.05, 0.1) is 26.4 Å². The number of ether oxygens (including phenoxy) is 4. The second-order valence-electron chi connectivity index (χ2n) is 26.9. The van der Waals surface area contributed by atoms with E-state index in [4.69, 9.17) is 37.0 Å². The van der Waals surface area contributed by atoms with Crippen LogP contribution in [0.15, 0.2) is 0 Å². The molecule has 0 bridgehead atoms. The molecule has 0 aromatic carbocycles. The van der Waals surface area contributed by atoms with Gasteiger partial charge < -0.3 is 33.8 Å². The van der Waals surface area contributed by atoms with Gasteiger partial charge in [0.15, 0.2) is 12.2 Å². The third kappa shape index (κ3) is 66.5. The van der Waals surface area contributed by atoms with Gasteiger partial charge in [-0.15, -0.1) is 0 Å². The van der Waals surface area contributed by atoms with Crippen molar-refractivity contribution in [3.05, 3.63) is 0 Å². The lowest BCUT2D eigenvalue weighted by atomic mass is 10.0. The van der Waals surface area contributed by atoms with E-state index in [0.29, 0.717) is 31.6 Å². The molecule has 2 unspecified atom stereocenters. The molecule has 0 aliphatic carbocycles. The van der Waals surface area contributed by atoms with Crippen molar-refractivity contribution in [3.63, 3.8) is 0 Å². The number of phosphoric ester groups is 2. The van der Waals surface area contributed by atoms with E-state index < -0.39 is 97.5 Å². The Kier molecular flexibility index (Phi) is 62.7. The number of hydrogen-bond acceptors (Lipinski definition) is 15. The number of phosphoric acid groups is 2. The number of unbranched alkanes of at least 4 members (excludes halogenated alkanes) is 41. The minimum atomic E-state index is -4.95. The summed E-state index contributed by atoms with van der Waals surface area (Å²) in [6.45, 7) is 9.50. The van der Waals surface area contributed by atoms with E-state index in [-0.39, 0.29) is 25.7 Å². The Bertz CT molecular complexity index is 1770. The van der Waals surface area contributed by atoms with Crippen LogP contribution in [0.2, 0.25) is 0 Å². The van der Waals surface area contributed by atoms with Gasteiger partial charge in [0, 0.05) is 25.7 Å². The molecule has 0 rings (SSSR count). The van der Waals surface area contributed by atoms with Crippen LogP contribution in [0.1, 0.15) is 369 Å². The molecule has 91 heavy (non-hydrogen) atoms. The van der Waals surface area contributed by atoms with Crippen molar-refractivity contribution in [1.82, 2.24) is 0 Å². The third-order valence-corrected chi connectivity index (χ3v) is 18.6. The maximum absolute atomic E-state index is 13.0. The van der Waals surface area contributed by atoms with Crippen molar-refractivity contribution in [2.75, 3.05) is 39.6 Å². The molecule has 0 aromatic rings. The highest BCUT2D eigenvalue weighted by molar-refractivity contribution is 7.47. The van der Waals surface area contributed by atoms with Crippen LogP contribution < -0.4 is 0 Å². The van der Waals surface area contributed by atoms with Gasteiger partial charge in [-0.05, 0) is 37.5 Å². The van der Waals surface area contributed by atoms with Gasteiger partial charge in [-0.2, -0.15) is 0 Å². The zero-order chi connectivity index (χ0) is 67.2. The standard InChI is InChI=1S/C72H140O17P2/c1-7-9-11-13-15-17-18-19-20-21-24-27-31-37-43-49-55-70(75)83-60-67(88-71(76)56-50-44-38-32-28-25-22-23-26-30-34-40-46-52-64(3)4)62-86-90(78,79)84-58-66(73)59-85-91(80,81)87-63-68(61-82-69(74)54-48-42-36-29-16-14-12-10-8-2)89-72(77)57-51-45-39-33-35-41-47-53-65(5)6/h64-68,73H,7-63H2,1-6H3,(H,78,79)(H,80,81)/t66-,67-,68-/m1/s1. The van der Waals surface area contributed by atoms with Crippen LogP contribution in [0.25, 0.3) is 0 Å². The van der Waals surface area contributed by atoms with Crippen LogP contribution in [0.4, 0.5) is 0 Å². The first kappa shape index (κ1) is 89.1. The highest BCUT2D eigenvalue weighted by atomic mass is 31.2. The first-order chi connectivity index (χ1) is 43.9. The average Bonchev–Trinajstić information content (AvgIpc) is 3.68. The fourth-order valence-electron chi connectivity index (χ4n) is 10.9. The molecule has 0 aliphatic rings. The Hall–Kier alpha value is -1.94. The summed E-state index contributed by atoms with van der Waals surface area (Å²) >= 11 is 0. The topological polar surface area (TPSA) is 237 Å². The summed E-state index contributed by atoms with van der Waals surface area (Å²) in [5.41, 5.74) is 0. The maximum atomic E-state index is 13.0. The van der Waals surface area contributed by atoms with Gasteiger partial charge in [-0.1, -0.05) is 318 Å². The molecule has 0 aliphatic heterocycles. The van der Waals surface area contributed by atoms with Crippen LogP contribution in [-0.2, 0) is 65.4 Å². The second kappa shape index (κ2) is 64.1. The van der Waals surface area contributed by atoms with E-state index in [1.165, 1.54) is 186 Å². The second-order valence-corrected chi connectivity index (χ2v) is 29.8. The molecule has 3 N–H and O–H groups in total. The number of carbonyl (C=O) groups excluding carboxylic acids is 4. The summed E-state index contributed by atoms with van der Waals surface area (Å²) in [6.07, 6.45) is 50.0. The van der Waals surface area contributed by atoms with E-state index >= 15 is 0 Å². The molecular weight excluding hydrogens is 1200 g/mol. The van der Waals surface area contributed by atoms with Crippen LogP contribution in [0.3, 0.4) is 0 Å². The molecule has 0 radical (unpaired) electrons. The molecule has 0 fully saturated rings. The van der Waals surface area contributed by atoms with Crippen molar-refractivity contribution < 1.29 is 80.2 Å². The zero-order valence-corrected chi connectivity index (χ0v) is 60.9. The van der Waals surface area contributed by atoms with E-state index in [9.17, 15) is 43.2 Å². The minimum absolute atomic E-state index is 0.104. The summed E-state index contributed by atoms with van der Waals surface area (Å²) in [4.78, 5) is 72.6. The van der Waals surface area contributed by atoms with Crippen LogP contribution in [-0.4, -0.2) is 96.7 Å². The van der Waals surface area contributed by atoms with E-state index in [0.717, 1.165) is 95.8 Å². The zero-order valence-electron chi connectivity index (χ0n) is 59.1. The molecule has 0 saturated carbocycles. The molecule has 17 nitrogen and oxygen atoms in total. The van der Waals surface area contributed by atoms with Gasteiger partial charge in [0.25, 0.3) is 0 Å². The third-order valence-electron chi connectivity index (χ3n) is 16.7. The van der Waals surface area contributed by atoms with Gasteiger partial charge >= 0.3 is 39.5 Å². The molecule has 0 aromatic heterocycles. The molecule has 5 atom stereocenters. The molecule has 19 heteroatoms. The van der Waals surface area contributed by atoms with Crippen LogP contribution in [0, 0.1) is 11.8 Å². The Morgan fingerprint density at radius 1 is 0.297 bits per heavy atom. The minimum Gasteiger partial charge on any atom is -0.462 e. The van der Waals surface area contributed by atoms with Crippen molar-refractivity contribution in [1.29, 1.82) is 0 Å². The summed E-state index contributed by atoms with van der Waals surface area (Å²) in [5.74, 6) is -0.641. The molecule has 0 spiro atoms. The summed E-state index contributed by atoms with van der Waals surface area (Å²) in [5, 5.41) is 10.6. The fourth-order valence-corrected chi connectivity index (χ4v) is 12.5. The first-order valence-corrected chi connectivity index (χ1v) is 40.5. The lowest BCUT2D eigenvalue weighted by molar-refractivity contribution is -0.161. The van der Waals surface area contributed by atoms with Crippen LogP contribution >= 0.6 is 15.6 Å². The van der Waals surface area contributed by atoms with E-state index in [1.54, 1.807) is 0 Å². The normalized spacial score (nSPS) is 14.1. The Balaban J connectivity index is 5.22. The Morgan fingerprint density at radius 2 is 0.505 bits per heavy atom. The van der Waals surface area contributed by atoms with E-state index in [2.05, 4.69) is 41.5 Å². The van der Waals surface area contributed by atoms with E-state index in [1.807, 2.05) is 0 Å². The van der Waals surface area contributed by atoms with Crippen molar-refractivity contribution in [2.24, 2.45) is 11.8 Å². The number of carbonyl (C=O) groups is 4. The van der Waals surface area contributed by atoms with Gasteiger partial charge in [-0.3, -0.25) is 37.3 Å². The quantitative estimate of drug-likeness (QED) is 0.0222. The highest BCUT2D eigenvalue weighted by Crippen LogP contribution is 2.45. The van der Waals surface area contributed by atoms with Crippen molar-refractivity contribution in [3.8, 4) is 0 Å². The number of aliphatic hydroxyl groups is 1. The summed E-state index contributed by atoms with van der Waals surface area (Å²) in [6, 6.07) is 0. The predicted molar refractivity (Wildman–Crippen MR) is 368 cm³/mol. The largest absolute Gasteiger partial charge is 0.472 e. The molecule has 0 amide bonds. The first-order valence-electron chi connectivity index (χ1n) is 37.5. The average molecular weight is 1340 g/mol. The SMILES string of the molecule is CCCCCCCCCCCCCCCCCCC(=O)OC[C@H](COP(=O)(O)OC[C@@H](O)COP(=O)(O)OC[C@@H](COC(=O)CCCCCCCCCCC)OC(=O)CCCCCCCCCC(C)C)OC(=O)CCCCCCCCCCCCCCCC(C)C. The smallest absolute Gasteiger partial charge is 0.462 e.